The normalized spacial score (nSPS) is 16.6. The van der Waals surface area contributed by atoms with E-state index in [4.69, 9.17) is 0 Å². The molecule has 108 valence electrons. The van der Waals surface area contributed by atoms with Gasteiger partial charge >= 0.3 is 6.18 Å². The van der Waals surface area contributed by atoms with Crippen LogP contribution in [-0.2, 0) is 0 Å². The van der Waals surface area contributed by atoms with Crippen molar-refractivity contribution in [1.29, 1.82) is 0 Å². The molecule has 1 N–H and O–H groups in total. The second-order valence-electron chi connectivity index (χ2n) is 4.42. The Kier molecular flexibility index (Phi) is 3.03. The SMILES string of the molecule is O=[N+]([O-])c1ccc(NC2(C(F)(F)F)CC2)c([N+](=O)[O-])c1. The van der Waals surface area contributed by atoms with Gasteiger partial charge in [0.25, 0.3) is 11.4 Å². The fraction of sp³-hybridized carbons (Fsp3) is 0.400. The first-order valence-corrected chi connectivity index (χ1v) is 5.44. The van der Waals surface area contributed by atoms with Crippen molar-refractivity contribution in [2.75, 3.05) is 5.32 Å². The Hall–Kier alpha value is -2.39. The Balaban J connectivity index is 2.38. The Bertz CT molecular complexity index is 584. The highest BCUT2D eigenvalue weighted by molar-refractivity contribution is 5.67. The monoisotopic (exact) mass is 291 g/mol. The minimum atomic E-state index is -4.54. The minimum Gasteiger partial charge on any atom is -0.366 e. The van der Waals surface area contributed by atoms with Crippen molar-refractivity contribution in [1.82, 2.24) is 0 Å². The number of anilines is 1. The van der Waals surface area contributed by atoms with Crippen LogP contribution in [0, 0.1) is 20.2 Å². The number of nitrogens with one attached hydrogen (secondary N) is 1. The number of alkyl halides is 3. The molecule has 1 aromatic carbocycles. The lowest BCUT2D eigenvalue weighted by Crippen LogP contribution is -2.38. The molecule has 0 atom stereocenters. The van der Waals surface area contributed by atoms with Gasteiger partial charge in [0.05, 0.1) is 15.9 Å². The quantitative estimate of drug-likeness (QED) is 0.679. The maximum atomic E-state index is 12.8. The van der Waals surface area contributed by atoms with Gasteiger partial charge < -0.3 is 5.32 Å². The van der Waals surface area contributed by atoms with Gasteiger partial charge in [0, 0.05) is 6.07 Å². The number of nitro benzene ring substituents is 2. The lowest BCUT2D eigenvalue weighted by Gasteiger charge is -2.21. The van der Waals surface area contributed by atoms with E-state index in [1.165, 1.54) is 0 Å². The van der Waals surface area contributed by atoms with Crippen molar-refractivity contribution >= 4 is 17.1 Å². The summed E-state index contributed by atoms with van der Waals surface area (Å²) in [4.78, 5) is 19.5. The number of hydrogen-bond acceptors (Lipinski definition) is 5. The summed E-state index contributed by atoms with van der Waals surface area (Å²) in [7, 11) is 0. The Morgan fingerprint density at radius 1 is 1.15 bits per heavy atom. The van der Waals surface area contributed by atoms with Gasteiger partial charge in [-0.25, -0.2) is 0 Å². The molecule has 0 aromatic heterocycles. The Morgan fingerprint density at radius 3 is 2.15 bits per heavy atom. The van der Waals surface area contributed by atoms with E-state index in [0.29, 0.717) is 6.07 Å². The molecule has 0 spiro atoms. The van der Waals surface area contributed by atoms with Crippen molar-refractivity contribution in [2.24, 2.45) is 0 Å². The van der Waals surface area contributed by atoms with Gasteiger partial charge in [-0.05, 0) is 18.9 Å². The van der Waals surface area contributed by atoms with E-state index in [9.17, 15) is 33.4 Å². The summed E-state index contributed by atoms with van der Waals surface area (Å²) in [5.74, 6) is 0. The van der Waals surface area contributed by atoms with Gasteiger partial charge in [-0.3, -0.25) is 20.2 Å². The summed E-state index contributed by atoms with van der Waals surface area (Å²) >= 11 is 0. The predicted molar refractivity (Wildman–Crippen MR) is 61.4 cm³/mol. The topological polar surface area (TPSA) is 98.3 Å². The van der Waals surface area contributed by atoms with Gasteiger partial charge in [0.1, 0.15) is 11.2 Å². The number of non-ortho nitro benzene ring substituents is 1. The second-order valence-corrected chi connectivity index (χ2v) is 4.42. The number of nitro groups is 2. The van der Waals surface area contributed by atoms with Crippen LogP contribution in [0.15, 0.2) is 18.2 Å². The first-order chi connectivity index (χ1) is 9.16. The van der Waals surface area contributed by atoms with Crippen molar-refractivity contribution in [3.8, 4) is 0 Å². The molecular formula is C10H8F3N3O4. The molecule has 2 rings (SSSR count). The lowest BCUT2D eigenvalue weighted by molar-refractivity contribution is -0.393. The van der Waals surface area contributed by atoms with Crippen LogP contribution in [-0.4, -0.2) is 21.6 Å². The molecule has 20 heavy (non-hydrogen) atoms. The van der Waals surface area contributed by atoms with Crippen molar-refractivity contribution in [3.63, 3.8) is 0 Å². The molecule has 0 heterocycles. The molecule has 1 aliphatic carbocycles. The van der Waals surface area contributed by atoms with E-state index in [-0.39, 0.29) is 18.5 Å². The first-order valence-electron chi connectivity index (χ1n) is 5.44. The van der Waals surface area contributed by atoms with Crippen LogP contribution in [0.25, 0.3) is 0 Å². The standard InChI is InChI=1S/C10H8F3N3O4/c11-10(12,13)9(3-4-9)14-7-2-1-6(15(17)18)5-8(7)16(19)20/h1-2,5,14H,3-4H2. The zero-order valence-electron chi connectivity index (χ0n) is 9.81. The zero-order chi connectivity index (χ0) is 15.1. The molecule has 7 nitrogen and oxygen atoms in total. The van der Waals surface area contributed by atoms with Crippen molar-refractivity contribution < 1.29 is 23.0 Å². The molecule has 1 fully saturated rings. The highest BCUT2D eigenvalue weighted by atomic mass is 19.4. The van der Waals surface area contributed by atoms with Crippen LogP contribution in [0.2, 0.25) is 0 Å². The summed E-state index contributed by atoms with van der Waals surface area (Å²) in [5.41, 5.74) is -3.86. The molecule has 0 saturated heterocycles. The van der Waals surface area contributed by atoms with Crippen LogP contribution >= 0.6 is 0 Å². The average Bonchev–Trinajstić information content (AvgIpc) is 3.09. The van der Waals surface area contributed by atoms with Crippen molar-refractivity contribution in [2.45, 2.75) is 24.6 Å². The highest BCUT2D eigenvalue weighted by Crippen LogP contribution is 2.52. The Morgan fingerprint density at radius 2 is 1.75 bits per heavy atom. The van der Waals surface area contributed by atoms with E-state index >= 15 is 0 Å². The second kappa shape index (κ2) is 4.32. The highest BCUT2D eigenvalue weighted by Gasteiger charge is 2.64. The molecule has 0 bridgehead atoms. The summed E-state index contributed by atoms with van der Waals surface area (Å²) in [6.07, 6.45) is -4.92. The molecule has 0 amide bonds. The predicted octanol–water partition coefficient (Wildman–Crippen LogP) is 3.01. The number of halogens is 3. The Labute approximate surface area is 109 Å². The molecule has 0 unspecified atom stereocenters. The largest absolute Gasteiger partial charge is 0.411 e. The molecule has 0 aliphatic heterocycles. The van der Waals surface area contributed by atoms with Gasteiger partial charge in [-0.2, -0.15) is 13.2 Å². The lowest BCUT2D eigenvalue weighted by atomic mass is 10.2. The van der Waals surface area contributed by atoms with Gasteiger partial charge in [0.15, 0.2) is 0 Å². The van der Waals surface area contributed by atoms with E-state index in [1.54, 1.807) is 0 Å². The first kappa shape index (κ1) is 14.0. The van der Waals surface area contributed by atoms with Gasteiger partial charge in [-0.1, -0.05) is 0 Å². The average molecular weight is 291 g/mol. The van der Waals surface area contributed by atoms with Crippen LogP contribution in [0.4, 0.5) is 30.2 Å². The number of hydrogen-bond donors (Lipinski definition) is 1. The molecule has 10 heteroatoms. The third-order valence-electron chi connectivity index (χ3n) is 3.06. The molecule has 1 aliphatic rings. The summed E-state index contributed by atoms with van der Waals surface area (Å²) < 4.78 is 38.3. The maximum absolute atomic E-state index is 12.8. The number of rotatable bonds is 4. The fourth-order valence-electron chi connectivity index (χ4n) is 1.75. The van der Waals surface area contributed by atoms with E-state index in [0.717, 1.165) is 12.1 Å². The molecule has 0 radical (unpaired) electrons. The van der Waals surface area contributed by atoms with Gasteiger partial charge in [0.2, 0.25) is 0 Å². The van der Waals surface area contributed by atoms with Gasteiger partial charge in [-0.15, -0.1) is 0 Å². The summed E-state index contributed by atoms with van der Waals surface area (Å²) in [5, 5.41) is 23.4. The van der Waals surface area contributed by atoms with E-state index in [1.807, 2.05) is 0 Å². The van der Waals surface area contributed by atoms with Crippen LogP contribution < -0.4 is 5.32 Å². The molecular weight excluding hydrogens is 283 g/mol. The minimum absolute atomic E-state index is 0.190. The van der Waals surface area contributed by atoms with E-state index in [2.05, 4.69) is 5.32 Å². The van der Waals surface area contributed by atoms with Crippen LogP contribution in [0.3, 0.4) is 0 Å². The molecule has 1 aromatic rings. The fourth-order valence-corrected chi connectivity index (χ4v) is 1.75. The van der Waals surface area contributed by atoms with Crippen LogP contribution in [0.5, 0.6) is 0 Å². The molecule has 1 saturated carbocycles. The number of nitrogens with zero attached hydrogens (tertiary/aromatic N) is 2. The zero-order valence-corrected chi connectivity index (χ0v) is 9.81. The van der Waals surface area contributed by atoms with E-state index < -0.39 is 32.9 Å². The van der Waals surface area contributed by atoms with Crippen molar-refractivity contribution in [3.05, 3.63) is 38.4 Å². The smallest absolute Gasteiger partial charge is 0.366 e. The summed E-state index contributed by atoms with van der Waals surface area (Å²) in [6.45, 7) is 0. The van der Waals surface area contributed by atoms with Crippen LogP contribution in [0.1, 0.15) is 12.8 Å². The maximum Gasteiger partial charge on any atom is 0.411 e. The third kappa shape index (κ3) is 2.36. The summed E-state index contributed by atoms with van der Waals surface area (Å²) in [6, 6.07) is 2.47. The third-order valence-corrected chi connectivity index (χ3v) is 3.06. The number of benzene rings is 1.